The van der Waals surface area contributed by atoms with E-state index >= 15 is 0 Å². The molecule has 2 rings (SSSR count). The van der Waals surface area contributed by atoms with Crippen molar-refractivity contribution in [2.75, 3.05) is 18.8 Å². The Balaban J connectivity index is 2.02. The predicted octanol–water partition coefficient (Wildman–Crippen LogP) is 0.881. The number of benzene rings is 1. The number of carbonyl (C=O) groups is 1. The maximum Gasteiger partial charge on any atom is 0.317 e. The Kier molecular flexibility index (Phi) is 4.60. The molecule has 0 atom stereocenters. The summed E-state index contributed by atoms with van der Waals surface area (Å²) in [6, 6.07) is 7.86. The molecule has 0 heterocycles. The molecule has 0 aromatic heterocycles. The summed E-state index contributed by atoms with van der Waals surface area (Å²) in [6.45, 7) is 0.0762. The van der Waals surface area contributed by atoms with Crippen LogP contribution in [-0.2, 0) is 14.6 Å². The molecule has 21 heavy (non-hydrogen) atoms. The molecule has 1 aromatic rings. The van der Waals surface area contributed by atoms with Crippen LogP contribution in [0.5, 0.6) is 0 Å². The van der Waals surface area contributed by atoms with Gasteiger partial charge in [0.05, 0.1) is 28.8 Å². The van der Waals surface area contributed by atoms with Crippen LogP contribution in [0, 0.1) is 11.3 Å². The van der Waals surface area contributed by atoms with Gasteiger partial charge in [-0.25, -0.2) is 8.42 Å². The number of nitriles is 1. The first-order valence-corrected chi connectivity index (χ1v) is 8.26. The van der Waals surface area contributed by atoms with Crippen LogP contribution in [-0.4, -0.2) is 49.3 Å². The van der Waals surface area contributed by atoms with Gasteiger partial charge in [-0.2, -0.15) is 5.26 Å². The third-order valence-corrected chi connectivity index (χ3v) is 5.10. The van der Waals surface area contributed by atoms with Crippen LogP contribution in [0.2, 0.25) is 0 Å². The van der Waals surface area contributed by atoms with Gasteiger partial charge in [0.15, 0.2) is 9.84 Å². The summed E-state index contributed by atoms with van der Waals surface area (Å²) in [6.07, 6.45) is 1.84. The van der Waals surface area contributed by atoms with Crippen molar-refractivity contribution in [3.8, 4) is 6.07 Å². The summed E-state index contributed by atoms with van der Waals surface area (Å²) in [7, 11) is -3.47. The van der Waals surface area contributed by atoms with Gasteiger partial charge in [0.25, 0.3) is 0 Å². The molecule has 0 spiro atoms. The quantitative estimate of drug-likeness (QED) is 0.803. The maximum absolute atomic E-state index is 12.2. The molecule has 0 aliphatic heterocycles. The molecular formula is C14H16N2O4S. The summed E-state index contributed by atoms with van der Waals surface area (Å²) >= 11 is 0. The van der Waals surface area contributed by atoms with Crippen LogP contribution in [0.15, 0.2) is 29.2 Å². The number of carboxylic acids is 1. The topological polar surface area (TPSA) is 98.5 Å². The van der Waals surface area contributed by atoms with E-state index in [1.807, 2.05) is 6.07 Å². The van der Waals surface area contributed by atoms with Gasteiger partial charge >= 0.3 is 5.97 Å². The first-order valence-electron chi connectivity index (χ1n) is 6.61. The van der Waals surface area contributed by atoms with Crippen molar-refractivity contribution in [1.82, 2.24) is 4.90 Å². The minimum Gasteiger partial charge on any atom is -0.480 e. The van der Waals surface area contributed by atoms with E-state index in [1.54, 1.807) is 4.90 Å². The second-order valence-electron chi connectivity index (χ2n) is 5.05. The van der Waals surface area contributed by atoms with E-state index in [0.29, 0.717) is 5.56 Å². The van der Waals surface area contributed by atoms with Gasteiger partial charge in [0.1, 0.15) is 0 Å². The number of sulfone groups is 1. The molecule has 1 N–H and O–H groups in total. The van der Waals surface area contributed by atoms with Crippen molar-refractivity contribution in [2.24, 2.45) is 0 Å². The SMILES string of the molecule is N#Cc1ccc(S(=O)(=O)CCN(CC(=O)O)C2CC2)cc1. The number of aliphatic carboxylic acids is 1. The van der Waals surface area contributed by atoms with E-state index in [4.69, 9.17) is 10.4 Å². The van der Waals surface area contributed by atoms with Crippen LogP contribution in [0.25, 0.3) is 0 Å². The predicted molar refractivity (Wildman–Crippen MR) is 75.4 cm³/mol. The second-order valence-corrected chi connectivity index (χ2v) is 7.16. The summed E-state index contributed by atoms with van der Waals surface area (Å²) in [5.41, 5.74) is 0.402. The third kappa shape index (κ3) is 4.28. The van der Waals surface area contributed by atoms with Crippen molar-refractivity contribution in [2.45, 2.75) is 23.8 Å². The van der Waals surface area contributed by atoms with E-state index in [9.17, 15) is 13.2 Å². The Morgan fingerprint density at radius 1 is 1.33 bits per heavy atom. The largest absolute Gasteiger partial charge is 0.480 e. The zero-order valence-electron chi connectivity index (χ0n) is 11.4. The summed E-state index contributed by atoms with van der Waals surface area (Å²) in [4.78, 5) is 12.6. The Bertz CT molecular complexity index is 657. The van der Waals surface area contributed by atoms with Crippen molar-refractivity contribution in [1.29, 1.82) is 5.26 Å². The van der Waals surface area contributed by atoms with Gasteiger partial charge in [-0.1, -0.05) is 0 Å². The highest BCUT2D eigenvalue weighted by atomic mass is 32.2. The van der Waals surface area contributed by atoms with Crippen LogP contribution < -0.4 is 0 Å². The van der Waals surface area contributed by atoms with E-state index in [-0.39, 0.29) is 29.8 Å². The molecule has 1 saturated carbocycles. The summed E-state index contributed by atoms with van der Waals surface area (Å²) in [5, 5.41) is 17.5. The standard InChI is InChI=1S/C14H16N2O4S/c15-9-11-1-5-13(6-2-11)21(19,20)8-7-16(10-14(17)18)12-3-4-12/h1-2,5-6,12H,3-4,7-8,10H2,(H,17,18). The number of hydrogen-bond donors (Lipinski definition) is 1. The highest BCUT2D eigenvalue weighted by molar-refractivity contribution is 7.91. The highest BCUT2D eigenvalue weighted by Gasteiger charge is 2.31. The van der Waals surface area contributed by atoms with Gasteiger partial charge in [0, 0.05) is 12.6 Å². The highest BCUT2D eigenvalue weighted by Crippen LogP contribution is 2.26. The van der Waals surface area contributed by atoms with Crippen LogP contribution in [0.4, 0.5) is 0 Å². The van der Waals surface area contributed by atoms with Gasteiger partial charge in [-0.15, -0.1) is 0 Å². The monoisotopic (exact) mass is 308 g/mol. The van der Waals surface area contributed by atoms with Crippen molar-refractivity contribution < 1.29 is 18.3 Å². The number of nitrogens with zero attached hydrogens (tertiary/aromatic N) is 2. The van der Waals surface area contributed by atoms with E-state index in [0.717, 1.165) is 12.8 Å². The van der Waals surface area contributed by atoms with Gasteiger partial charge in [-0.05, 0) is 37.1 Å². The maximum atomic E-state index is 12.2. The smallest absolute Gasteiger partial charge is 0.317 e. The van der Waals surface area contributed by atoms with Gasteiger partial charge < -0.3 is 5.11 Å². The molecule has 1 aliphatic carbocycles. The Labute approximate surface area is 123 Å². The molecule has 0 saturated heterocycles. The molecule has 112 valence electrons. The molecule has 7 heteroatoms. The fourth-order valence-corrected chi connectivity index (χ4v) is 3.36. The minimum atomic E-state index is -3.47. The van der Waals surface area contributed by atoms with Gasteiger partial charge in [-0.3, -0.25) is 9.69 Å². The summed E-state index contributed by atoms with van der Waals surface area (Å²) < 4.78 is 24.4. The van der Waals surface area contributed by atoms with Gasteiger partial charge in [0.2, 0.25) is 0 Å². The van der Waals surface area contributed by atoms with Crippen molar-refractivity contribution in [3.05, 3.63) is 29.8 Å². The number of rotatable bonds is 7. The Hall–Kier alpha value is -1.91. The fourth-order valence-electron chi connectivity index (χ4n) is 2.10. The number of carboxylic acid groups (broad SMARTS) is 1. The molecule has 1 aromatic carbocycles. The molecule has 1 fully saturated rings. The molecule has 0 amide bonds. The summed E-state index contributed by atoms with van der Waals surface area (Å²) in [5.74, 6) is -1.07. The lowest BCUT2D eigenvalue weighted by Crippen LogP contribution is -2.35. The van der Waals surface area contributed by atoms with E-state index < -0.39 is 15.8 Å². The molecule has 0 bridgehead atoms. The third-order valence-electron chi connectivity index (χ3n) is 3.39. The molecule has 6 nitrogen and oxygen atoms in total. The lowest BCUT2D eigenvalue weighted by Gasteiger charge is -2.19. The zero-order valence-corrected chi connectivity index (χ0v) is 12.2. The second kappa shape index (κ2) is 6.24. The van der Waals surface area contributed by atoms with Crippen molar-refractivity contribution >= 4 is 15.8 Å². The lowest BCUT2D eigenvalue weighted by atomic mass is 10.2. The fraction of sp³-hybridized carbons (Fsp3) is 0.429. The average Bonchev–Trinajstić information content (AvgIpc) is 3.28. The lowest BCUT2D eigenvalue weighted by molar-refractivity contribution is -0.138. The Morgan fingerprint density at radius 2 is 1.95 bits per heavy atom. The zero-order chi connectivity index (χ0) is 15.5. The first kappa shape index (κ1) is 15.5. The minimum absolute atomic E-state index is 0.122. The van der Waals surface area contributed by atoms with E-state index in [1.165, 1.54) is 24.3 Å². The van der Waals surface area contributed by atoms with Crippen LogP contribution >= 0.6 is 0 Å². The Morgan fingerprint density at radius 3 is 2.43 bits per heavy atom. The molecule has 1 aliphatic rings. The first-order chi connectivity index (χ1) is 9.92. The molecular weight excluding hydrogens is 292 g/mol. The molecule has 0 radical (unpaired) electrons. The molecule has 0 unspecified atom stereocenters. The van der Waals surface area contributed by atoms with E-state index in [2.05, 4.69) is 0 Å². The van der Waals surface area contributed by atoms with Crippen LogP contribution in [0.1, 0.15) is 18.4 Å². The average molecular weight is 308 g/mol. The number of hydrogen-bond acceptors (Lipinski definition) is 5. The van der Waals surface area contributed by atoms with Crippen molar-refractivity contribution in [3.63, 3.8) is 0 Å². The normalized spacial score (nSPS) is 14.9. The van der Waals surface area contributed by atoms with Crippen LogP contribution in [0.3, 0.4) is 0 Å².